The highest BCUT2D eigenvalue weighted by molar-refractivity contribution is 5.96. The molecular weight excluding hydrogens is 258 g/mol. The van der Waals surface area contributed by atoms with Crippen molar-refractivity contribution in [3.8, 4) is 12.3 Å². The molecule has 4 aliphatic carbocycles. The number of fused-ring (bicyclic) bond motifs is 5. The van der Waals surface area contributed by atoms with E-state index >= 15 is 0 Å². The lowest BCUT2D eigenvalue weighted by molar-refractivity contribution is 0.0514. The van der Waals surface area contributed by atoms with Gasteiger partial charge in [-0.3, -0.25) is 0 Å². The van der Waals surface area contributed by atoms with Gasteiger partial charge in [0.25, 0.3) is 0 Å². The summed E-state index contributed by atoms with van der Waals surface area (Å²) in [6.07, 6.45) is 18.0. The number of hydrogen-bond donors (Lipinski definition) is 1. The lowest BCUT2D eigenvalue weighted by Gasteiger charge is -2.49. The Hall–Kier alpha value is -1.23. The first kappa shape index (κ1) is 13.4. The average molecular weight is 283 g/mol. The summed E-state index contributed by atoms with van der Waals surface area (Å²) in [4.78, 5) is 0. The van der Waals surface area contributed by atoms with Gasteiger partial charge >= 0.3 is 0 Å². The number of nitrogens with zero attached hydrogens (tertiary/aromatic N) is 1. The molecule has 0 aromatic carbocycles. The third-order valence-electron chi connectivity index (χ3n) is 6.91. The van der Waals surface area contributed by atoms with Gasteiger partial charge in [-0.1, -0.05) is 10.7 Å². The summed E-state index contributed by atoms with van der Waals surface area (Å²) in [7, 11) is 0. The van der Waals surface area contributed by atoms with Crippen LogP contribution in [0.1, 0.15) is 51.4 Å². The van der Waals surface area contributed by atoms with Crippen molar-refractivity contribution in [1.82, 2.24) is 0 Å². The molecule has 1 unspecified atom stereocenters. The molecule has 2 nitrogen and oxygen atoms in total. The largest absolute Gasteiger partial charge is 0.411 e. The standard InChI is InChI=1S/C19H25NO/c1-2-12-9-13-3-6-17-16-8-5-15(20-21)11-14(16)4-7-18(17)19(13)10-12/h1,11-13,16-19,21H,3-10H2/t12?,13-,16+,17-,18-,19-/m1/s1. The van der Waals surface area contributed by atoms with E-state index in [1.807, 2.05) is 0 Å². The molecule has 3 saturated carbocycles. The molecule has 4 rings (SSSR count). The van der Waals surface area contributed by atoms with E-state index in [-0.39, 0.29) is 0 Å². The van der Waals surface area contributed by atoms with Crippen LogP contribution < -0.4 is 0 Å². The van der Waals surface area contributed by atoms with E-state index in [4.69, 9.17) is 11.6 Å². The van der Waals surface area contributed by atoms with Gasteiger partial charge in [0, 0.05) is 5.92 Å². The van der Waals surface area contributed by atoms with Crippen molar-refractivity contribution in [3.05, 3.63) is 11.6 Å². The molecule has 0 amide bonds. The summed E-state index contributed by atoms with van der Waals surface area (Å²) in [5, 5.41) is 12.5. The van der Waals surface area contributed by atoms with Crippen LogP contribution >= 0.6 is 0 Å². The summed E-state index contributed by atoms with van der Waals surface area (Å²) in [6.45, 7) is 0. The SMILES string of the molecule is C#CC1C[C@H]2CC[C@H]3[C@@H](CCC4=CC(=NO)CC[C@@H]43)[C@@H]2C1. The Balaban J connectivity index is 1.57. The third-order valence-corrected chi connectivity index (χ3v) is 6.91. The van der Waals surface area contributed by atoms with Gasteiger partial charge in [-0.2, -0.15) is 0 Å². The average Bonchev–Trinajstić information content (AvgIpc) is 2.97. The third kappa shape index (κ3) is 2.13. The van der Waals surface area contributed by atoms with Gasteiger partial charge < -0.3 is 5.21 Å². The summed E-state index contributed by atoms with van der Waals surface area (Å²) >= 11 is 0. The lowest BCUT2D eigenvalue weighted by Crippen LogP contribution is -2.40. The van der Waals surface area contributed by atoms with E-state index < -0.39 is 0 Å². The summed E-state index contributed by atoms with van der Waals surface area (Å²) < 4.78 is 0. The van der Waals surface area contributed by atoms with E-state index in [0.29, 0.717) is 5.92 Å². The second-order valence-corrected chi connectivity index (χ2v) is 7.66. The van der Waals surface area contributed by atoms with E-state index in [1.54, 1.807) is 5.57 Å². The fourth-order valence-electron chi connectivity index (χ4n) is 6.06. The minimum Gasteiger partial charge on any atom is -0.411 e. The first-order valence-electron chi connectivity index (χ1n) is 8.67. The van der Waals surface area contributed by atoms with Crippen molar-refractivity contribution in [2.45, 2.75) is 51.4 Å². The molecule has 112 valence electrons. The Morgan fingerprint density at radius 2 is 1.95 bits per heavy atom. The topological polar surface area (TPSA) is 32.6 Å². The van der Waals surface area contributed by atoms with E-state index in [2.05, 4.69) is 17.2 Å². The fraction of sp³-hybridized carbons (Fsp3) is 0.737. The highest BCUT2D eigenvalue weighted by Gasteiger charge is 2.49. The Bertz CT molecular complexity index is 526. The summed E-state index contributed by atoms with van der Waals surface area (Å²) in [6, 6.07) is 0. The molecule has 0 aromatic heterocycles. The first-order valence-corrected chi connectivity index (χ1v) is 8.67. The molecule has 21 heavy (non-hydrogen) atoms. The number of hydrogen-bond acceptors (Lipinski definition) is 2. The fourth-order valence-corrected chi connectivity index (χ4v) is 6.06. The zero-order valence-corrected chi connectivity index (χ0v) is 12.7. The predicted molar refractivity (Wildman–Crippen MR) is 84.0 cm³/mol. The van der Waals surface area contributed by atoms with Crippen LogP contribution in [0, 0.1) is 47.9 Å². The van der Waals surface area contributed by atoms with Crippen molar-refractivity contribution in [2.75, 3.05) is 0 Å². The lowest BCUT2D eigenvalue weighted by atomic mass is 9.56. The van der Waals surface area contributed by atoms with Gasteiger partial charge in [-0.05, 0) is 87.0 Å². The molecule has 0 aromatic rings. The second-order valence-electron chi connectivity index (χ2n) is 7.66. The minimum atomic E-state index is 0.551. The maximum Gasteiger partial charge on any atom is 0.0795 e. The number of terminal acetylenes is 1. The van der Waals surface area contributed by atoms with Crippen LogP contribution in [0.2, 0.25) is 0 Å². The Morgan fingerprint density at radius 3 is 2.76 bits per heavy atom. The second kappa shape index (κ2) is 5.20. The van der Waals surface area contributed by atoms with Crippen LogP contribution in [0.4, 0.5) is 0 Å². The molecule has 1 N–H and O–H groups in total. The van der Waals surface area contributed by atoms with Gasteiger partial charge in [-0.25, -0.2) is 0 Å². The van der Waals surface area contributed by atoms with Gasteiger partial charge in [0.15, 0.2) is 0 Å². The van der Waals surface area contributed by atoms with Gasteiger partial charge in [0.2, 0.25) is 0 Å². The molecule has 3 fully saturated rings. The highest BCUT2D eigenvalue weighted by atomic mass is 16.4. The van der Waals surface area contributed by atoms with E-state index in [9.17, 15) is 0 Å². The van der Waals surface area contributed by atoms with Gasteiger partial charge in [-0.15, -0.1) is 12.3 Å². The van der Waals surface area contributed by atoms with E-state index in [0.717, 1.165) is 41.7 Å². The highest BCUT2D eigenvalue weighted by Crippen LogP contribution is 2.57. The van der Waals surface area contributed by atoms with Gasteiger partial charge in [0.05, 0.1) is 5.71 Å². The van der Waals surface area contributed by atoms with Crippen LogP contribution in [0.25, 0.3) is 0 Å². The van der Waals surface area contributed by atoms with Crippen LogP contribution in [0.3, 0.4) is 0 Å². The zero-order chi connectivity index (χ0) is 14.4. The molecule has 0 aliphatic heterocycles. The summed E-state index contributed by atoms with van der Waals surface area (Å²) in [5.74, 6) is 7.95. The van der Waals surface area contributed by atoms with Crippen molar-refractivity contribution >= 4 is 5.71 Å². The van der Waals surface area contributed by atoms with E-state index in [1.165, 1.54) is 44.9 Å². The predicted octanol–water partition coefficient (Wildman–Crippen LogP) is 4.25. The van der Waals surface area contributed by atoms with Crippen LogP contribution in [0.15, 0.2) is 16.8 Å². The number of rotatable bonds is 0. The number of oxime groups is 1. The molecule has 4 aliphatic rings. The maximum atomic E-state index is 9.02. The Morgan fingerprint density at radius 1 is 1.05 bits per heavy atom. The van der Waals surface area contributed by atoms with Crippen LogP contribution in [0.5, 0.6) is 0 Å². The maximum absolute atomic E-state index is 9.02. The smallest absolute Gasteiger partial charge is 0.0795 e. The van der Waals surface area contributed by atoms with Crippen molar-refractivity contribution < 1.29 is 5.21 Å². The molecule has 0 spiro atoms. The van der Waals surface area contributed by atoms with Crippen LogP contribution in [-0.4, -0.2) is 10.9 Å². The van der Waals surface area contributed by atoms with Crippen molar-refractivity contribution in [1.29, 1.82) is 0 Å². The Labute approximate surface area is 127 Å². The molecule has 0 bridgehead atoms. The van der Waals surface area contributed by atoms with Crippen molar-refractivity contribution in [2.24, 2.45) is 40.7 Å². The van der Waals surface area contributed by atoms with Gasteiger partial charge in [0.1, 0.15) is 0 Å². The van der Waals surface area contributed by atoms with Crippen LogP contribution in [-0.2, 0) is 0 Å². The molecular formula is C19H25NO. The zero-order valence-electron chi connectivity index (χ0n) is 12.7. The normalized spacial score (nSPS) is 47.0. The molecule has 6 atom stereocenters. The Kier molecular flexibility index (Phi) is 3.32. The molecule has 0 heterocycles. The minimum absolute atomic E-state index is 0.551. The van der Waals surface area contributed by atoms with Crippen molar-refractivity contribution in [3.63, 3.8) is 0 Å². The first-order chi connectivity index (χ1) is 10.3. The molecule has 0 saturated heterocycles. The number of allylic oxidation sites excluding steroid dienone is 2. The monoisotopic (exact) mass is 283 g/mol. The molecule has 0 radical (unpaired) electrons. The quantitative estimate of drug-likeness (QED) is 0.402. The molecule has 2 heteroatoms. The summed E-state index contributed by atoms with van der Waals surface area (Å²) in [5.41, 5.74) is 2.46.